The zero-order valence-electron chi connectivity index (χ0n) is 54.3. The number of carbonyl (C=O) groups excluding carboxylic acids is 1. The molecule has 0 aliphatic carbocycles. The van der Waals surface area contributed by atoms with Gasteiger partial charge in [0.05, 0.1) is 32.0 Å². The van der Waals surface area contributed by atoms with Gasteiger partial charge in [0.2, 0.25) is 5.91 Å². The number of rotatable bonds is 57. The molecule has 1 amide bonds. The van der Waals surface area contributed by atoms with Crippen molar-refractivity contribution in [2.24, 2.45) is 0 Å². The summed E-state index contributed by atoms with van der Waals surface area (Å²) >= 11 is 0. The average molecular weight is 1220 g/mol. The van der Waals surface area contributed by atoms with Crippen LogP contribution in [0.5, 0.6) is 0 Å². The van der Waals surface area contributed by atoms with E-state index in [9.17, 15) is 45.6 Å². The summed E-state index contributed by atoms with van der Waals surface area (Å²) in [6, 6.07) is -0.829. The van der Waals surface area contributed by atoms with E-state index >= 15 is 0 Å². The van der Waals surface area contributed by atoms with Gasteiger partial charge in [-0.3, -0.25) is 4.79 Å². The molecule has 0 aromatic carbocycles. The van der Waals surface area contributed by atoms with E-state index in [0.717, 1.165) is 89.9 Å². The number of aliphatic hydroxyl groups excluding tert-OH is 8. The molecule has 0 saturated carbocycles. The van der Waals surface area contributed by atoms with Crippen molar-refractivity contribution in [3.05, 3.63) is 72.9 Å². The Morgan fingerprint density at radius 3 is 1.23 bits per heavy atom. The molecule has 9 N–H and O–H groups in total. The third-order valence-electron chi connectivity index (χ3n) is 16.9. The minimum atomic E-state index is -1.78. The number of allylic oxidation sites excluding steroid dienone is 12. The van der Waals surface area contributed by atoms with E-state index in [0.29, 0.717) is 12.8 Å². The summed E-state index contributed by atoms with van der Waals surface area (Å²) in [5.41, 5.74) is 0. The summed E-state index contributed by atoms with van der Waals surface area (Å²) in [5, 5.41) is 87.4. The summed E-state index contributed by atoms with van der Waals surface area (Å²) in [4.78, 5) is 13.3. The predicted octanol–water partition coefficient (Wildman–Crippen LogP) is 14.2. The summed E-state index contributed by atoms with van der Waals surface area (Å²) in [6.45, 7) is 2.76. The molecule has 12 atom stereocenters. The standard InChI is InChI=1S/C72H129NO13/c1-3-5-7-9-11-13-15-17-18-19-20-21-22-23-24-25-26-27-28-29-30-31-32-33-34-35-36-37-38-39-40-41-42-44-46-48-50-52-54-56-64(77)73-60(61(76)55-53-51-49-47-45-43-16-14-12-10-8-6-4-2)59-83-71-69(82)67(80)70(63(58-75)85-71)86-72-68(81)66(79)65(78)62(57-74)84-72/h5,7,11,13,17-18,20-21,23-24,26-27,60-63,65-72,74-76,78-82H,3-4,6,8-10,12,14-16,19,22,25,28-59H2,1-2H3,(H,73,77)/b7-5-,13-11-,18-17-,21-20-,24-23-,27-26-. The van der Waals surface area contributed by atoms with Crippen LogP contribution in [-0.2, 0) is 23.7 Å². The molecule has 2 fully saturated rings. The van der Waals surface area contributed by atoms with Crippen LogP contribution in [0.15, 0.2) is 72.9 Å². The molecular formula is C72H129NO13. The van der Waals surface area contributed by atoms with Crippen molar-refractivity contribution in [2.45, 2.75) is 357 Å². The zero-order valence-corrected chi connectivity index (χ0v) is 54.3. The summed E-state index contributed by atoms with van der Waals surface area (Å²) in [6.07, 6.45) is 59.4. The molecule has 0 aromatic heterocycles. The van der Waals surface area contributed by atoms with E-state index < -0.39 is 86.8 Å². The Bertz CT molecular complexity index is 1720. The van der Waals surface area contributed by atoms with Crippen molar-refractivity contribution in [3.8, 4) is 0 Å². The monoisotopic (exact) mass is 1220 g/mol. The first-order valence-corrected chi connectivity index (χ1v) is 35.2. The first-order chi connectivity index (χ1) is 42.1. The minimum Gasteiger partial charge on any atom is -0.394 e. The Kier molecular flexibility index (Phi) is 52.2. The highest BCUT2D eigenvalue weighted by Crippen LogP contribution is 2.30. The number of nitrogens with one attached hydrogen (secondary N) is 1. The van der Waals surface area contributed by atoms with Crippen LogP contribution < -0.4 is 5.32 Å². The molecule has 2 aliphatic heterocycles. The molecule has 14 heteroatoms. The third-order valence-corrected chi connectivity index (χ3v) is 16.9. The van der Waals surface area contributed by atoms with Crippen LogP contribution in [0.25, 0.3) is 0 Å². The molecule has 0 aromatic rings. The first-order valence-electron chi connectivity index (χ1n) is 35.2. The highest BCUT2D eigenvalue weighted by Gasteiger charge is 2.51. The van der Waals surface area contributed by atoms with Gasteiger partial charge in [0, 0.05) is 6.42 Å². The van der Waals surface area contributed by atoms with Crippen molar-refractivity contribution in [3.63, 3.8) is 0 Å². The SMILES string of the molecule is CC/C=C\C/C=C\C/C=C\C/C=C\C/C=C\C/C=C\CCCCCCCCCCCCCCCCCCCCCCC(=O)NC(COC1OC(CO)C(OC2OC(CO)C(O)C(O)C2O)C(O)C1O)C(O)CCCCCCCCCCCCCCC. The molecule has 0 bridgehead atoms. The van der Waals surface area contributed by atoms with Gasteiger partial charge >= 0.3 is 0 Å². The van der Waals surface area contributed by atoms with Crippen LogP contribution in [0, 0.1) is 0 Å². The zero-order chi connectivity index (χ0) is 62.3. The lowest BCUT2D eigenvalue weighted by Crippen LogP contribution is -2.65. The molecule has 0 radical (unpaired) electrons. The topological polar surface area (TPSA) is 228 Å². The number of ether oxygens (including phenoxy) is 4. The van der Waals surface area contributed by atoms with Gasteiger partial charge in [-0.15, -0.1) is 0 Å². The third kappa shape index (κ3) is 40.2. The second-order valence-corrected chi connectivity index (χ2v) is 24.6. The predicted molar refractivity (Wildman–Crippen MR) is 350 cm³/mol. The summed E-state index contributed by atoms with van der Waals surface area (Å²) < 4.78 is 22.9. The number of hydrogen-bond acceptors (Lipinski definition) is 13. The maximum absolute atomic E-state index is 13.3. The summed E-state index contributed by atoms with van der Waals surface area (Å²) in [7, 11) is 0. The summed E-state index contributed by atoms with van der Waals surface area (Å²) in [5.74, 6) is -0.205. The van der Waals surface area contributed by atoms with Crippen LogP contribution in [0.3, 0.4) is 0 Å². The minimum absolute atomic E-state index is 0.205. The maximum atomic E-state index is 13.3. The highest BCUT2D eigenvalue weighted by molar-refractivity contribution is 5.76. The van der Waals surface area contributed by atoms with Crippen LogP contribution in [0.4, 0.5) is 0 Å². The van der Waals surface area contributed by atoms with Gasteiger partial charge in [-0.2, -0.15) is 0 Å². The van der Waals surface area contributed by atoms with E-state index in [4.69, 9.17) is 18.9 Å². The maximum Gasteiger partial charge on any atom is 0.220 e. The quantitative estimate of drug-likeness (QED) is 0.0204. The van der Waals surface area contributed by atoms with E-state index in [1.54, 1.807) is 0 Å². The van der Waals surface area contributed by atoms with Gasteiger partial charge in [-0.25, -0.2) is 0 Å². The molecular weight excluding hydrogens is 1090 g/mol. The van der Waals surface area contributed by atoms with Crippen molar-refractivity contribution in [2.75, 3.05) is 19.8 Å². The van der Waals surface area contributed by atoms with E-state index in [-0.39, 0.29) is 12.5 Å². The number of amides is 1. The second kappa shape index (κ2) is 56.4. The fourth-order valence-electron chi connectivity index (χ4n) is 11.4. The molecule has 14 nitrogen and oxygen atoms in total. The van der Waals surface area contributed by atoms with Crippen molar-refractivity contribution in [1.82, 2.24) is 5.32 Å². The highest BCUT2D eigenvalue weighted by atomic mass is 16.7. The molecule has 12 unspecified atom stereocenters. The lowest BCUT2D eigenvalue weighted by Gasteiger charge is -2.46. The largest absolute Gasteiger partial charge is 0.394 e. The molecule has 2 aliphatic rings. The van der Waals surface area contributed by atoms with Crippen LogP contribution in [-0.4, -0.2) is 140 Å². The van der Waals surface area contributed by atoms with Gasteiger partial charge in [0.1, 0.15) is 48.8 Å². The first kappa shape index (κ1) is 79.5. The van der Waals surface area contributed by atoms with Crippen molar-refractivity contribution < 1.29 is 64.6 Å². The van der Waals surface area contributed by atoms with Crippen LogP contribution in [0.2, 0.25) is 0 Å². The molecule has 500 valence electrons. The lowest BCUT2D eigenvalue weighted by molar-refractivity contribution is -0.359. The second-order valence-electron chi connectivity index (χ2n) is 24.6. The van der Waals surface area contributed by atoms with Crippen molar-refractivity contribution >= 4 is 5.91 Å². The van der Waals surface area contributed by atoms with Gasteiger partial charge in [0.15, 0.2) is 12.6 Å². The fraction of sp³-hybridized carbons (Fsp3) is 0.819. The Morgan fingerprint density at radius 1 is 0.430 bits per heavy atom. The van der Waals surface area contributed by atoms with E-state index in [1.807, 2.05) is 0 Å². The lowest BCUT2D eigenvalue weighted by atomic mass is 9.97. The average Bonchev–Trinajstić information content (AvgIpc) is 2.76. The van der Waals surface area contributed by atoms with E-state index in [2.05, 4.69) is 92.1 Å². The van der Waals surface area contributed by atoms with Gasteiger partial charge < -0.3 is 65.1 Å². The molecule has 2 rings (SSSR count). The molecule has 2 saturated heterocycles. The Labute approximate surface area is 523 Å². The van der Waals surface area contributed by atoms with Gasteiger partial charge in [0.25, 0.3) is 0 Å². The molecule has 0 spiro atoms. The van der Waals surface area contributed by atoms with E-state index in [1.165, 1.54) is 167 Å². The molecule has 86 heavy (non-hydrogen) atoms. The normalized spacial score (nSPS) is 23.8. The van der Waals surface area contributed by atoms with Gasteiger partial charge in [-0.1, -0.05) is 286 Å². The Hall–Kier alpha value is -2.57. The number of hydrogen-bond donors (Lipinski definition) is 9. The van der Waals surface area contributed by atoms with Gasteiger partial charge in [-0.05, 0) is 64.2 Å². The number of carbonyl (C=O) groups is 1. The Balaban J connectivity index is 1.56. The number of aliphatic hydroxyl groups is 8. The van der Waals surface area contributed by atoms with Crippen LogP contribution in [0.1, 0.15) is 284 Å². The molecule has 2 heterocycles. The smallest absolute Gasteiger partial charge is 0.220 e. The Morgan fingerprint density at radius 2 is 0.802 bits per heavy atom. The van der Waals surface area contributed by atoms with Crippen LogP contribution >= 0.6 is 0 Å². The van der Waals surface area contributed by atoms with Crippen molar-refractivity contribution in [1.29, 1.82) is 0 Å². The fourth-order valence-corrected chi connectivity index (χ4v) is 11.4. The number of unbranched alkanes of at least 4 members (excludes halogenated alkanes) is 32.